The average molecular weight is 480 g/mol. The van der Waals surface area contributed by atoms with Gasteiger partial charge in [-0.2, -0.15) is 14.6 Å². The highest BCUT2D eigenvalue weighted by atomic mass is 32.2. The van der Waals surface area contributed by atoms with Crippen molar-refractivity contribution < 1.29 is 17.5 Å². The highest BCUT2D eigenvalue weighted by Crippen LogP contribution is 2.34. The van der Waals surface area contributed by atoms with Gasteiger partial charge in [-0.3, -0.25) is 0 Å². The minimum atomic E-state index is -3.93. The minimum Gasteiger partial charge on any atom is -0.438 e. The van der Waals surface area contributed by atoms with Gasteiger partial charge in [0, 0.05) is 32.6 Å². The van der Waals surface area contributed by atoms with Crippen molar-refractivity contribution in [3.05, 3.63) is 71.2 Å². The summed E-state index contributed by atoms with van der Waals surface area (Å²) < 4.78 is 47.5. The number of hydrogen-bond acceptors (Lipinski definition) is 7. The van der Waals surface area contributed by atoms with Crippen LogP contribution in [-0.2, 0) is 23.0 Å². The van der Waals surface area contributed by atoms with Crippen molar-refractivity contribution in [2.24, 2.45) is 0 Å². The van der Waals surface area contributed by atoms with Crippen LogP contribution < -0.4 is 9.64 Å². The first kappa shape index (κ1) is 22.3. The number of ether oxygens (including phenoxy) is 1. The molecule has 0 saturated carbocycles. The first-order valence-electron chi connectivity index (χ1n) is 11.0. The molecule has 3 aromatic rings. The van der Waals surface area contributed by atoms with Crippen LogP contribution in [0.4, 0.5) is 10.3 Å². The van der Waals surface area contributed by atoms with Crippen LogP contribution in [0.5, 0.6) is 11.6 Å². The first-order chi connectivity index (χ1) is 16.5. The largest absolute Gasteiger partial charge is 0.438 e. The molecule has 174 valence electrons. The van der Waals surface area contributed by atoms with E-state index in [4.69, 9.17) is 9.72 Å². The average Bonchev–Trinajstić information content (AvgIpc) is 3.40. The Morgan fingerprint density at radius 3 is 2.47 bits per heavy atom. The Labute approximate surface area is 197 Å². The van der Waals surface area contributed by atoms with Gasteiger partial charge >= 0.3 is 0 Å². The molecule has 34 heavy (non-hydrogen) atoms. The number of rotatable bonds is 5. The number of nitriles is 1. The van der Waals surface area contributed by atoms with Gasteiger partial charge in [0.2, 0.25) is 21.9 Å². The molecule has 10 heteroatoms. The Balaban J connectivity index is 1.53. The van der Waals surface area contributed by atoms with Gasteiger partial charge in [0.15, 0.2) is 0 Å². The standard InChI is InChI=1S/C24H22FN5O3S/c25-18-7-9-19(10-8-18)33-23-20-16-30(34(31,32)22-6-2-1-5-17(22)15-26)14-11-21(20)27-24(28-23)29-12-3-4-13-29/h1-2,5-10H,3-4,11-14,16H2. The predicted octanol–water partition coefficient (Wildman–Crippen LogP) is 3.63. The Kier molecular flexibility index (Phi) is 5.89. The van der Waals surface area contributed by atoms with Crippen molar-refractivity contribution in [1.29, 1.82) is 5.26 Å². The van der Waals surface area contributed by atoms with E-state index in [1.165, 1.54) is 40.7 Å². The number of sulfonamides is 1. The lowest BCUT2D eigenvalue weighted by atomic mass is 10.1. The van der Waals surface area contributed by atoms with Gasteiger partial charge < -0.3 is 9.64 Å². The van der Waals surface area contributed by atoms with Crippen molar-refractivity contribution in [3.8, 4) is 17.7 Å². The maximum Gasteiger partial charge on any atom is 0.244 e. The van der Waals surface area contributed by atoms with E-state index in [0.717, 1.165) is 31.6 Å². The summed E-state index contributed by atoms with van der Waals surface area (Å²) in [4.78, 5) is 11.4. The van der Waals surface area contributed by atoms with Crippen LogP contribution in [0, 0.1) is 17.1 Å². The number of halogens is 1. The zero-order valence-electron chi connectivity index (χ0n) is 18.3. The van der Waals surface area contributed by atoms with Gasteiger partial charge in [-0.15, -0.1) is 0 Å². The third-order valence-electron chi connectivity index (χ3n) is 6.02. The van der Waals surface area contributed by atoms with Crippen LogP contribution >= 0.6 is 0 Å². The molecule has 0 spiro atoms. The van der Waals surface area contributed by atoms with Crippen LogP contribution in [0.2, 0.25) is 0 Å². The van der Waals surface area contributed by atoms with Crippen LogP contribution in [0.1, 0.15) is 29.7 Å². The molecule has 0 atom stereocenters. The molecule has 0 bridgehead atoms. The van der Waals surface area contributed by atoms with E-state index in [0.29, 0.717) is 23.7 Å². The molecule has 5 rings (SSSR count). The van der Waals surface area contributed by atoms with Crippen molar-refractivity contribution in [3.63, 3.8) is 0 Å². The lowest BCUT2D eigenvalue weighted by Crippen LogP contribution is -2.37. The van der Waals surface area contributed by atoms with Gasteiger partial charge in [0.25, 0.3) is 0 Å². The fraction of sp³-hybridized carbons (Fsp3) is 0.292. The van der Waals surface area contributed by atoms with Crippen molar-refractivity contribution in [2.75, 3.05) is 24.5 Å². The van der Waals surface area contributed by atoms with Crippen molar-refractivity contribution in [1.82, 2.24) is 14.3 Å². The molecule has 0 radical (unpaired) electrons. The van der Waals surface area contributed by atoms with E-state index < -0.39 is 10.0 Å². The molecule has 2 aromatic carbocycles. The molecule has 2 aliphatic rings. The first-order valence-corrected chi connectivity index (χ1v) is 12.5. The highest BCUT2D eigenvalue weighted by molar-refractivity contribution is 7.89. The second kappa shape index (κ2) is 9.00. The number of nitrogens with zero attached hydrogens (tertiary/aromatic N) is 5. The van der Waals surface area contributed by atoms with E-state index in [2.05, 4.69) is 9.88 Å². The molecule has 0 N–H and O–H groups in total. The zero-order chi connectivity index (χ0) is 23.7. The summed E-state index contributed by atoms with van der Waals surface area (Å²) in [6, 6.07) is 13.7. The third kappa shape index (κ3) is 4.20. The molecule has 1 aromatic heterocycles. The molecule has 2 aliphatic heterocycles. The summed E-state index contributed by atoms with van der Waals surface area (Å²) >= 11 is 0. The normalized spacial score (nSPS) is 16.2. The molecule has 3 heterocycles. The van der Waals surface area contributed by atoms with E-state index in [1.54, 1.807) is 12.1 Å². The van der Waals surface area contributed by atoms with Crippen LogP contribution in [0.3, 0.4) is 0 Å². The van der Waals surface area contributed by atoms with Gasteiger partial charge in [0.1, 0.15) is 17.6 Å². The summed E-state index contributed by atoms with van der Waals surface area (Å²) in [7, 11) is -3.93. The predicted molar refractivity (Wildman–Crippen MR) is 122 cm³/mol. The van der Waals surface area contributed by atoms with E-state index in [9.17, 15) is 18.1 Å². The molecule has 8 nitrogen and oxygen atoms in total. The quantitative estimate of drug-likeness (QED) is 0.551. The third-order valence-corrected chi connectivity index (χ3v) is 7.92. The van der Waals surface area contributed by atoms with Gasteiger partial charge in [-0.1, -0.05) is 12.1 Å². The number of anilines is 1. The number of aromatic nitrogens is 2. The lowest BCUT2D eigenvalue weighted by molar-refractivity contribution is 0.369. The summed E-state index contributed by atoms with van der Waals surface area (Å²) in [5.74, 6) is 0.819. The zero-order valence-corrected chi connectivity index (χ0v) is 19.1. The molecule has 0 aliphatic carbocycles. The minimum absolute atomic E-state index is 0.00817. The molecule has 0 amide bonds. The summed E-state index contributed by atoms with van der Waals surface area (Å²) in [5, 5.41) is 9.40. The van der Waals surface area contributed by atoms with Crippen LogP contribution in [0.25, 0.3) is 0 Å². The van der Waals surface area contributed by atoms with Crippen LogP contribution in [-0.4, -0.2) is 42.3 Å². The van der Waals surface area contributed by atoms with Gasteiger partial charge in [-0.25, -0.2) is 17.8 Å². The Morgan fingerprint density at radius 1 is 1.00 bits per heavy atom. The Hall–Kier alpha value is -3.55. The van der Waals surface area contributed by atoms with Crippen LogP contribution in [0.15, 0.2) is 53.4 Å². The SMILES string of the molecule is N#Cc1ccccc1S(=O)(=O)N1CCc2nc(N3CCCC3)nc(Oc3ccc(F)cc3)c2C1. The molecule has 0 unspecified atom stereocenters. The summed E-state index contributed by atoms with van der Waals surface area (Å²) in [6.07, 6.45) is 2.49. The Bertz CT molecular complexity index is 1370. The van der Waals surface area contributed by atoms with E-state index >= 15 is 0 Å². The second-order valence-corrected chi connectivity index (χ2v) is 10.1. The van der Waals surface area contributed by atoms with Gasteiger partial charge in [0.05, 0.1) is 21.7 Å². The molecular weight excluding hydrogens is 457 g/mol. The molecule has 1 saturated heterocycles. The topological polar surface area (TPSA) is 99.4 Å². The summed E-state index contributed by atoms with van der Waals surface area (Å²) in [5.41, 5.74) is 1.39. The molecular formula is C24H22FN5O3S. The highest BCUT2D eigenvalue weighted by Gasteiger charge is 2.34. The van der Waals surface area contributed by atoms with Gasteiger partial charge in [-0.05, 0) is 49.2 Å². The fourth-order valence-corrected chi connectivity index (χ4v) is 5.78. The number of fused-ring (bicyclic) bond motifs is 1. The van der Waals surface area contributed by atoms with E-state index in [1.807, 2.05) is 6.07 Å². The fourth-order valence-electron chi connectivity index (χ4n) is 4.23. The molecule has 1 fully saturated rings. The number of hydrogen-bond donors (Lipinski definition) is 0. The monoisotopic (exact) mass is 479 g/mol. The maximum atomic E-state index is 13.4. The number of benzene rings is 2. The van der Waals surface area contributed by atoms with Crippen molar-refractivity contribution >= 4 is 16.0 Å². The van der Waals surface area contributed by atoms with E-state index in [-0.39, 0.29) is 35.2 Å². The smallest absolute Gasteiger partial charge is 0.244 e. The lowest BCUT2D eigenvalue weighted by Gasteiger charge is -2.29. The van der Waals surface area contributed by atoms with Crippen molar-refractivity contribution in [2.45, 2.75) is 30.7 Å². The maximum absolute atomic E-state index is 13.4. The second-order valence-electron chi connectivity index (χ2n) is 8.20. The Morgan fingerprint density at radius 2 is 1.74 bits per heavy atom. The summed E-state index contributed by atoms with van der Waals surface area (Å²) in [6.45, 7) is 1.93.